The fourth-order valence-electron chi connectivity index (χ4n) is 2.64. The predicted octanol–water partition coefficient (Wildman–Crippen LogP) is 4.02. The molecular weight excluding hydrogens is 316 g/mol. The summed E-state index contributed by atoms with van der Waals surface area (Å²) in [4.78, 5) is 16.9. The number of nitrogens with zero attached hydrogens (tertiary/aromatic N) is 2. The molecule has 0 aliphatic carbocycles. The van der Waals surface area contributed by atoms with Gasteiger partial charge in [0.05, 0.1) is 25.3 Å². The molecule has 5 heteroatoms. The van der Waals surface area contributed by atoms with Crippen LogP contribution < -0.4 is 9.47 Å². The third kappa shape index (κ3) is 3.26. The van der Waals surface area contributed by atoms with Crippen molar-refractivity contribution in [2.75, 3.05) is 14.2 Å². The fraction of sp³-hybridized carbons (Fsp3) is 0.200. The average molecular weight is 336 g/mol. The van der Waals surface area contributed by atoms with Gasteiger partial charge in [-0.25, -0.2) is 4.98 Å². The van der Waals surface area contributed by atoms with Gasteiger partial charge in [-0.15, -0.1) is 0 Å². The van der Waals surface area contributed by atoms with E-state index in [1.165, 1.54) is 6.08 Å². The molecule has 0 unspecified atom stereocenters. The number of carbonyl (C=O) groups excluding carboxylic acids is 1. The van der Waals surface area contributed by atoms with Crippen molar-refractivity contribution in [1.29, 1.82) is 0 Å². The number of aryl methyl sites for hydroxylation is 2. The number of ether oxygens (including phenoxy) is 2. The van der Waals surface area contributed by atoms with Crippen molar-refractivity contribution >= 4 is 23.0 Å². The number of rotatable bonds is 4. The highest BCUT2D eigenvalue weighted by molar-refractivity contribution is 5.99. The van der Waals surface area contributed by atoms with Gasteiger partial charge >= 0.3 is 0 Å². The van der Waals surface area contributed by atoms with Crippen LogP contribution in [0.3, 0.4) is 0 Å². The van der Waals surface area contributed by atoms with Crippen LogP contribution in [0.5, 0.6) is 11.5 Å². The second-order valence-corrected chi connectivity index (χ2v) is 5.83. The van der Waals surface area contributed by atoms with Gasteiger partial charge in [-0.2, -0.15) is 0 Å². The predicted molar refractivity (Wildman–Crippen MR) is 98.4 cm³/mol. The largest absolute Gasteiger partial charge is 0.493 e. The van der Waals surface area contributed by atoms with E-state index in [2.05, 4.69) is 4.98 Å². The van der Waals surface area contributed by atoms with Crippen molar-refractivity contribution in [2.45, 2.75) is 13.8 Å². The molecule has 0 aliphatic rings. The van der Waals surface area contributed by atoms with E-state index in [0.717, 1.165) is 27.7 Å². The number of methoxy groups -OCH3 is 2. The summed E-state index contributed by atoms with van der Waals surface area (Å²) in [6.45, 7) is 4.06. The zero-order valence-electron chi connectivity index (χ0n) is 14.7. The first kappa shape index (κ1) is 16.8. The summed E-state index contributed by atoms with van der Waals surface area (Å²) in [6.07, 6.45) is 4.83. The Bertz CT molecular complexity index is 970. The summed E-state index contributed by atoms with van der Waals surface area (Å²) in [6, 6.07) is 9.47. The Kier molecular flexibility index (Phi) is 4.57. The normalized spacial score (nSPS) is 11.2. The summed E-state index contributed by atoms with van der Waals surface area (Å²) in [5, 5.41) is 0. The molecule has 0 fully saturated rings. The Morgan fingerprint density at radius 3 is 2.48 bits per heavy atom. The maximum absolute atomic E-state index is 12.5. The number of allylic oxidation sites excluding steroid dienone is 1. The average Bonchev–Trinajstić information content (AvgIpc) is 3.02. The van der Waals surface area contributed by atoms with E-state index in [1.807, 2.05) is 44.2 Å². The third-order valence-electron chi connectivity index (χ3n) is 4.23. The standard InChI is InChI=1S/C20H20N2O3/c1-13-9-16-17(10-14(13)2)22(12-21-16)20(23)8-6-15-5-7-18(24-3)19(11-15)25-4/h5-12H,1-4H3. The summed E-state index contributed by atoms with van der Waals surface area (Å²) >= 11 is 0. The van der Waals surface area contributed by atoms with Crippen LogP contribution in [-0.2, 0) is 0 Å². The van der Waals surface area contributed by atoms with Gasteiger partial charge in [0.1, 0.15) is 6.33 Å². The molecule has 0 spiro atoms. The maximum Gasteiger partial charge on any atom is 0.256 e. The minimum atomic E-state index is -0.152. The summed E-state index contributed by atoms with van der Waals surface area (Å²) in [5.74, 6) is 1.12. The lowest BCUT2D eigenvalue weighted by atomic mass is 10.1. The Labute approximate surface area is 146 Å². The molecule has 0 radical (unpaired) electrons. The lowest BCUT2D eigenvalue weighted by Crippen LogP contribution is -2.05. The van der Waals surface area contributed by atoms with E-state index in [-0.39, 0.29) is 5.91 Å². The molecule has 1 heterocycles. The van der Waals surface area contributed by atoms with Crippen LogP contribution in [-0.4, -0.2) is 29.7 Å². The Morgan fingerprint density at radius 2 is 1.76 bits per heavy atom. The number of aromatic nitrogens is 2. The van der Waals surface area contributed by atoms with E-state index in [0.29, 0.717) is 11.5 Å². The molecule has 3 rings (SSSR count). The first-order chi connectivity index (χ1) is 12.0. The molecule has 0 bridgehead atoms. The zero-order chi connectivity index (χ0) is 18.0. The van der Waals surface area contributed by atoms with Crippen molar-refractivity contribution < 1.29 is 14.3 Å². The second kappa shape index (κ2) is 6.81. The quantitative estimate of drug-likeness (QED) is 0.675. The monoisotopic (exact) mass is 336 g/mol. The van der Waals surface area contributed by atoms with Gasteiger partial charge in [-0.1, -0.05) is 6.07 Å². The summed E-state index contributed by atoms with van der Waals surface area (Å²) < 4.78 is 12.0. The van der Waals surface area contributed by atoms with E-state index in [1.54, 1.807) is 31.2 Å². The van der Waals surface area contributed by atoms with Gasteiger partial charge < -0.3 is 9.47 Å². The number of hydrogen-bond donors (Lipinski definition) is 0. The van der Waals surface area contributed by atoms with Crippen molar-refractivity contribution in [2.24, 2.45) is 0 Å². The fourth-order valence-corrected chi connectivity index (χ4v) is 2.64. The first-order valence-electron chi connectivity index (χ1n) is 7.92. The SMILES string of the molecule is COc1ccc(C=CC(=O)n2cnc3cc(C)c(C)cc32)cc1OC. The Balaban J connectivity index is 1.90. The van der Waals surface area contributed by atoms with Crippen LogP contribution in [0.15, 0.2) is 42.7 Å². The van der Waals surface area contributed by atoms with Crippen molar-refractivity contribution in [1.82, 2.24) is 9.55 Å². The summed E-state index contributed by atoms with van der Waals surface area (Å²) in [5.41, 5.74) is 4.76. The van der Waals surface area contributed by atoms with Crippen molar-refractivity contribution in [3.63, 3.8) is 0 Å². The number of hydrogen-bond acceptors (Lipinski definition) is 4. The zero-order valence-corrected chi connectivity index (χ0v) is 14.7. The minimum Gasteiger partial charge on any atom is -0.493 e. The highest BCUT2D eigenvalue weighted by Gasteiger charge is 2.09. The van der Waals surface area contributed by atoms with E-state index < -0.39 is 0 Å². The second-order valence-electron chi connectivity index (χ2n) is 5.83. The molecule has 128 valence electrons. The highest BCUT2D eigenvalue weighted by atomic mass is 16.5. The van der Waals surface area contributed by atoms with Crippen LogP contribution in [0.1, 0.15) is 21.5 Å². The molecule has 0 saturated heterocycles. The smallest absolute Gasteiger partial charge is 0.256 e. The minimum absolute atomic E-state index is 0.152. The lowest BCUT2D eigenvalue weighted by molar-refractivity contribution is 0.0974. The van der Waals surface area contributed by atoms with E-state index in [9.17, 15) is 4.79 Å². The van der Waals surface area contributed by atoms with Crippen molar-refractivity contribution in [3.8, 4) is 11.5 Å². The molecular formula is C20H20N2O3. The van der Waals surface area contributed by atoms with E-state index >= 15 is 0 Å². The van der Waals surface area contributed by atoms with Crippen LogP contribution in [0.25, 0.3) is 17.1 Å². The molecule has 0 atom stereocenters. The van der Waals surface area contributed by atoms with Gasteiger partial charge in [0.25, 0.3) is 5.91 Å². The molecule has 0 N–H and O–H groups in total. The van der Waals surface area contributed by atoms with Crippen LogP contribution in [0, 0.1) is 13.8 Å². The Morgan fingerprint density at radius 1 is 1.04 bits per heavy atom. The van der Waals surface area contributed by atoms with Crippen LogP contribution in [0.2, 0.25) is 0 Å². The van der Waals surface area contributed by atoms with Gasteiger partial charge in [0.15, 0.2) is 11.5 Å². The topological polar surface area (TPSA) is 53.4 Å². The molecule has 0 aliphatic heterocycles. The Hall–Kier alpha value is -3.08. The molecule has 3 aromatic rings. The van der Waals surface area contributed by atoms with Crippen LogP contribution in [0.4, 0.5) is 0 Å². The summed E-state index contributed by atoms with van der Waals surface area (Å²) in [7, 11) is 3.17. The number of fused-ring (bicyclic) bond motifs is 1. The van der Waals surface area contributed by atoms with Gasteiger partial charge in [-0.3, -0.25) is 9.36 Å². The number of carbonyl (C=O) groups is 1. The van der Waals surface area contributed by atoms with Gasteiger partial charge in [-0.05, 0) is 60.9 Å². The lowest BCUT2D eigenvalue weighted by Gasteiger charge is -2.07. The van der Waals surface area contributed by atoms with Gasteiger partial charge in [0.2, 0.25) is 0 Å². The molecule has 2 aromatic carbocycles. The molecule has 25 heavy (non-hydrogen) atoms. The van der Waals surface area contributed by atoms with Crippen LogP contribution >= 0.6 is 0 Å². The first-order valence-corrected chi connectivity index (χ1v) is 7.92. The molecule has 5 nitrogen and oxygen atoms in total. The van der Waals surface area contributed by atoms with Gasteiger partial charge in [0, 0.05) is 6.08 Å². The maximum atomic E-state index is 12.5. The van der Waals surface area contributed by atoms with Crippen molar-refractivity contribution in [3.05, 3.63) is 59.4 Å². The third-order valence-corrected chi connectivity index (χ3v) is 4.23. The van der Waals surface area contributed by atoms with E-state index in [4.69, 9.17) is 9.47 Å². The number of benzene rings is 2. The molecule has 1 aromatic heterocycles. The highest BCUT2D eigenvalue weighted by Crippen LogP contribution is 2.28. The molecule has 0 saturated carbocycles. The number of imidazole rings is 1. The molecule has 0 amide bonds.